The average Bonchev–Trinajstić information content (AvgIpc) is 2.98. The number of allylic oxidation sites excluding steroid dienone is 3. The minimum Gasteiger partial charge on any atom is -0.396 e. The number of ether oxygens (including phenoxy) is 1. The zero-order valence-corrected chi connectivity index (χ0v) is 18.1. The number of nitrogens with zero attached hydrogens (tertiary/aromatic N) is 1. The molecule has 0 radical (unpaired) electrons. The zero-order valence-electron chi connectivity index (χ0n) is 18.1. The first-order valence-electron chi connectivity index (χ1n) is 10.8. The van der Waals surface area contributed by atoms with Crippen LogP contribution in [0.3, 0.4) is 0 Å². The SMILES string of the molecule is CO[C@@H]1C[C@H](O)C(C/C=C\CCCC(=O)N(C)C)[C@H]1/C=C/CCCCCCO. The minimum absolute atomic E-state index is 0.0803. The Balaban J connectivity index is 2.41. The van der Waals surface area contributed by atoms with E-state index in [2.05, 4.69) is 24.3 Å². The molecule has 0 aromatic heterocycles. The maximum atomic E-state index is 11.6. The van der Waals surface area contributed by atoms with Crippen LogP contribution >= 0.6 is 0 Å². The van der Waals surface area contributed by atoms with Crippen LogP contribution in [0.1, 0.15) is 64.2 Å². The van der Waals surface area contributed by atoms with Gasteiger partial charge in [-0.15, -0.1) is 0 Å². The van der Waals surface area contributed by atoms with Gasteiger partial charge in [-0.2, -0.15) is 0 Å². The fourth-order valence-electron chi connectivity index (χ4n) is 3.88. The van der Waals surface area contributed by atoms with Crippen molar-refractivity contribution < 1.29 is 19.7 Å². The van der Waals surface area contributed by atoms with Crippen molar-refractivity contribution in [2.24, 2.45) is 11.8 Å². The molecule has 1 aliphatic carbocycles. The van der Waals surface area contributed by atoms with Gasteiger partial charge in [0.15, 0.2) is 0 Å². The number of aliphatic hydroxyl groups excluding tert-OH is 2. The molecular weight excluding hydrogens is 354 g/mol. The summed E-state index contributed by atoms with van der Waals surface area (Å²) in [4.78, 5) is 13.2. The van der Waals surface area contributed by atoms with Gasteiger partial charge in [0.05, 0.1) is 12.2 Å². The number of carbonyl (C=O) groups is 1. The van der Waals surface area contributed by atoms with E-state index in [1.54, 1.807) is 26.1 Å². The Morgan fingerprint density at radius 3 is 2.46 bits per heavy atom. The summed E-state index contributed by atoms with van der Waals surface area (Å²) < 4.78 is 5.62. The third-order valence-electron chi connectivity index (χ3n) is 5.67. The Kier molecular flexibility index (Phi) is 13.1. The molecule has 0 saturated heterocycles. The van der Waals surface area contributed by atoms with Crippen molar-refractivity contribution in [3.63, 3.8) is 0 Å². The van der Waals surface area contributed by atoms with Crippen molar-refractivity contribution in [1.82, 2.24) is 4.90 Å². The molecule has 1 aliphatic rings. The Morgan fingerprint density at radius 2 is 1.79 bits per heavy atom. The van der Waals surface area contributed by atoms with Crippen LogP contribution in [0, 0.1) is 11.8 Å². The lowest BCUT2D eigenvalue weighted by Gasteiger charge is -2.20. The Hall–Kier alpha value is -1.17. The lowest BCUT2D eigenvalue weighted by Crippen LogP contribution is -2.21. The summed E-state index contributed by atoms with van der Waals surface area (Å²) in [5.41, 5.74) is 0. The summed E-state index contributed by atoms with van der Waals surface area (Å²) in [5.74, 6) is 0.608. The monoisotopic (exact) mass is 395 g/mol. The van der Waals surface area contributed by atoms with E-state index in [0.717, 1.165) is 51.4 Å². The van der Waals surface area contributed by atoms with Crippen LogP contribution in [-0.4, -0.2) is 61.0 Å². The molecule has 4 atom stereocenters. The third-order valence-corrected chi connectivity index (χ3v) is 5.67. The molecule has 1 amide bonds. The maximum absolute atomic E-state index is 11.6. The number of amides is 1. The molecule has 5 heteroatoms. The van der Waals surface area contributed by atoms with E-state index in [1.165, 1.54) is 0 Å². The highest BCUT2D eigenvalue weighted by Crippen LogP contribution is 2.38. The summed E-state index contributed by atoms with van der Waals surface area (Å²) >= 11 is 0. The topological polar surface area (TPSA) is 70.0 Å². The van der Waals surface area contributed by atoms with Gasteiger partial charge >= 0.3 is 0 Å². The van der Waals surface area contributed by atoms with Crippen LogP contribution in [0.15, 0.2) is 24.3 Å². The van der Waals surface area contributed by atoms with Crippen LogP contribution in [0.4, 0.5) is 0 Å². The van der Waals surface area contributed by atoms with E-state index in [-0.39, 0.29) is 36.6 Å². The highest BCUT2D eigenvalue weighted by atomic mass is 16.5. The van der Waals surface area contributed by atoms with Crippen LogP contribution in [0.2, 0.25) is 0 Å². The molecule has 1 fully saturated rings. The summed E-state index contributed by atoms with van der Waals surface area (Å²) in [6, 6.07) is 0. The van der Waals surface area contributed by atoms with Gasteiger partial charge in [0.2, 0.25) is 5.91 Å². The van der Waals surface area contributed by atoms with Gasteiger partial charge in [0, 0.05) is 46.6 Å². The van der Waals surface area contributed by atoms with E-state index < -0.39 is 0 Å². The molecule has 0 aliphatic heterocycles. The number of hydrogen-bond acceptors (Lipinski definition) is 4. The van der Waals surface area contributed by atoms with Gasteiger partial charge in [-0.3, -0.25) is 4.79 Å². The fraction of sp³-hybridized carbons (Fsp3) is 0.783. The van der Waals surface area contributed by atoms with Crippen molar-refractivity contribution in [3.8, 4) is 0 Å². The third kappa shape index (κ3) is 9.35. The number of carbonyl (C=O) groups excluding carboxylic acids is 1. The van der Waals surface area contributed by atoms with Gasteiger partial charge in [-0.05, 0) is 44.4 Å². The van der Waals surface area contributed by atoms with Crippen molar-refractivity contribution in [1.29, 1.82) is 0 Å². The number of aliphatic hydroxyl groups is 2. The minimum atomic E-state index is -0.330. The highest BCUT2D eigenvalue weighted by molar-refractivity contribution is 5.75. The van der Waals surface area contributed by atoms with Crippen molar-refractivity contribution >= 4 is 5.91 Å². The van der Waals surface area contributed by atoms with E-state index in [1.807, 2.05) is 0 Å². The van der Waals surface area contributed by atoms with Crippen molar-refractivity contribution in [2.75, 3.05) is 27.8 Å². The maximum Gasteiger partial charge on any atom is 0.222 e. The van der Waals surface area contributed by atoms with Gasteiger partial charge in [0.25, 0.3) is 0 Å². The molecule has 162 valence electrons. The molecule has 1 unspecified atom stereocenters. The molecule has 0 aromatic carbocycles. The van der Waals surface area contributed by atoms with Crippen molar-refractivity contribution in [3.05, 3.63) is 24.3 Å². The smallest absolute Gasteiger partial charge is 0.222 e. The Labute approximate surface area is 171 Å². The van der Waals surface area contributed by atoms with Crippen LogP contribution in [0.5, 0.6) is 0 Å². The van der Waals surface area contributed by atoms with Crippen molar-refractivity contribution in [2.45, 2.75) is 76.4 Å². The summed E-state index contributed by atoms with van der Waals surface area (Å²) in [6.07, 6.45) is 17.7. The Bertz CT molecular complexity index is 475. The second-order valence-corrected chi connectivity index (χ2v) is 8.06. The van der Waals surface area contributed by atoms with E-state index in [4.69, 9.17) is 9.84 Å². The molecule has 1 saturated carbocycles. The molecule has 28 heavy (non-hydrogen) atoms. The van der Waals surface area contributed by atoms with Gasteiger partial charge < -0.3 is 19.8 Å². The van der Waals surface area contributed by atoms with E-state index in [0.29, 0.717) is 12.8 Å². The largest absolute Gasteiger partial charge is 0.396 e. The second kappa shape index (κ2) is 14.8. The molecule has 2 N–H and O–H groups in total. The predicted octanol–water partition coefficient (Wildman–Crippen LogP) is 3.70. The van der Waals surface area contributed by atoms with E-state index in [9.17, 15) is 9.90 Å². The standard InChI is InChI=1S/C23H41NO4/c1-24(2)23(27)16-12-8-7-10-14-19-20(22(28-3)18-21(19)26)15-11-6-4-5-9-13-17-25/h7,10-11,15,19-22,25-26H,4-6,8-9,12-14,16-18H2,1-3H3/b10-7-,15-11+/t19?,20-,21+,22-/m1/s1. The molecule has 0 heterocycles. The fourth-order valence-corrected chi connectivity index (χ4v) is 3.88. The predicted molar refractivity (Wildman–Crippen MR) is 114 cm³/mol. The Morgan fingerprint density at radius 1 is 1.07 bits per heavy atom. The molecule has 5 nitrogen and oxygen atoms in total. The number of hydrogen-bond donors (Lipinski definition) is 2. The molecule has 0 spiro atoms. The van der Waals surface area contributed by atoms with Crippen LogP contribution in [-0.2, 0) is 9.53 Å². The van der Waals surface area contributed by atoms with Gasteiger partial charge in [0.1, 0.15) is 0 Å². The summed E-state index contributed by atoms with van der Waals surface area (Å²) in [6.45, 7) is 0.284. The lowest BCUT2D eigenvalue weighted by molar-refractivity contribution is -0.128. The number of unbranched alkanes of at least 4 members (excludes halogenated alkanes) is 5. The lowest BCUT2D eigenvalue weighted by atomic mass is 9.89. The normalized spacial score (nSPS) is 25.2. The number of rotatable bonds is 14. The van der Waals surface area contributed by atoms with Crippen LogP contribution < -0.4 is 0 Å². The zero-order chi connectivity index (χ0) is 20.8. The first-order valence-corrected chi connectivity index (χ1v) is 10.8. The van der Waals surface area contributed by atoms with Crippen LogP contribution in [0.25, 0.3) is 0 Å². The molecular formula is C23H41NO4. The van der Waals surface area contributed by atoms with Gasteiger partial charge in [-0.25, -0.2) is 0 Å². The van der Waals surface area contributed by atoms with Gasteiger partial charge in [-0.1, -0.05) is 37.1 Å². The quantitative estimate of drug-likeness (QED) is 0.347. The average molecular weight is 396 g/mol. The molecule has 1 rings (SSSR count). The molecule has 0 aromatic rings. The second-order valence-electron chi connectivity index (χ2n) is 8.06. The number of methoxy groups -OCH3 is 1. The summed E-state index contributed by atoms with van der Waals surface area (Å²) in [7, 11) is 5.30. The van der Waals surface area contributed by atoms with E-state index >= 15 is 0 Å². The molecule has 0 bridgehead atoms. The highest BCUT2D eigenvalue weighted by Gasteiger charge is 2.40. The first kappa shape index (κ1) is 24.9. The first-order chi connectivity index (χ1) is 13.5. The summed E-state index contributed by atoms with van der Waals surface area (Å²) in [5, 5.41) is 19.3.